The molecule has 2 unspecified atom stereocenters. The summed E-state index contributed by atoms with van der Waals surface area (Å²) in [5, 5.41) is 5.17. The molecule has 4 N–H and O–H groups in total. The fourth-order valence-electron chi connectivity index (χ4n) is 0.691. The van der Waals surface area contributed by atoms with Gasteiger partial charge in [0.2, 0.25) is 5.91 Å². The van der Waals surface area contributed by atoms with Gasteiger partial charge in [0.1, 0.15) is 6.29 Å². The Hall–Kier alpha value is -0.320. The fourth-order valence-corrected chi connectivity index (χ4v) is 0.966. The Morgan fingerprint density at radius 2 is 2.44 bits per heavy atom. The van der Waals surface area contributed by atoms with E-state index in [9.17, 15) is 4.79 Å². The molecule has 1 saturated heterocycles. The number of hydrogen-bond acceptors (Lipinski definition) is 3. The van der Waals surface area contributed by atoms with Crippen molar-refractivity contribution in [1.29, 1.82) is 0 Å². The average Bonchev–Trinajstić information content (AvgIpc) is 1.59. The normalized spacial score (nSPS) is 36.0. The van der Waals surface area contributed by atoms with Crippen LogP contribution in [0.15, 0.2) is 0 Å². The molecule has 0 bridgehead atoms. The lowest BCUT2D eigenvalue weighted by Crippen LogP contribution is -2.59. The van der Waals surface area contributed by atoms with Crippen molar-refractivity contribution in [3.63, 3.8) is 0 Å². The minimum atomic E-state index is -0.492. The topological polar surface area (TPSA) is 67.1 Å². The molecule has 1 heterocycles. The molecular weight excluding hydrogens is 142 g/mol. The minimum absolute atomic E-state index is 0.110. The Bertz CT molecular complexity index is 117. The molecule has 0 aliphatic carbocycles. The van der Waals surface area contributed by atoms with Crippen molar-refractivity contribution in [3.8, 4) is 0 Å². The summed E-state index contributed by atoms with van der Waals surface area (Å²) < 4.78 is 0. The van der Waals surface area contributed by atoms with E-state index in [-0.39, 0.29) is 17.8 Å². The third-order valence-corrected chi connectivity index (χ3v) is 1.32. The van der Waals surface area contributed by atoms with Gasteiger partial charge in [-0.1, -0.05) is 0 Å². The highest BCUT2D eigenvalue weighted by atomic mass is 35.5. The van der Waals surface area contributed by atoms with Crippen LogP contribution in [0, 0.1) is 0 Å². The van der Waals surface area contributed by atoms with Crippen molar-refractivity contribution < 1.29 is 4.79 Å². The van der Waals surface area contributed by atoms with Gasteiger partial charge >= 0.3 is 0 Å². The summed E-state index contributed by atoms with van der Waals surface area (Å²) in [5.41, 5.74) is 4.96. The van der Waals surface area contributed by atoms with Gasteiger partial charge in [0, 0.05) is 0 Å². The lowest BCUT2D eigenvalue weighted by molar-refractivity contribution is -0.123. The van der Waals surface area contributed by atoms with Crippen molar-refractivity contribution in [2.75, 3.05) is 0 Å². The highest BCUT2D eigenvalue weighted by molar-refractivity contribution is 6.21. The summed E-state index contributed by atoms with van der Waals surface area (Å²) in [4.78, 5) is 10.6. The van der Waals surface area contributed by atoms with Crippen LogP contribution < -0.4 is 16.4 Å². The molecule has 0 aromatic rings. The molecule has 0 radical (unpaired) electrons. The van der Waals surface area contributed by atoms with Crippen molar-refractivity contribution in [1.82, 2.24) is 10.6 Å². The Labute approximate surface area is 57.7 Å². The van der Waals surface area contributed by atoms with Gasteiger partial charge in [0.15, 0.2) is 0 Å². The molecule has 0 aromatic heterocycles. The van der Waals surface area contributed by atoms with Crippen LogP contribution in [0.4, 0.5) is 0 Å². The summed E-state index contributed by atoms with van der Waals surface area (Å²) in [6.07, 6.45) is -0.205. The van der Waals surface area contributed by atoms with E-state index in [1.165, 1.54) is 0 Å². The number of amides is 1. The molecule has 2 atom stereocenters. The molecule has 4 nitrogen and oxygen atoms in total. The van der Waals surface area contributed by atoms with Crippen LogP contribution in [0.25, 0.3) is 0 Å². The average molecular weight is 150 g/mol. The molecule has 0 saturated carbocycles. The van der Waals surface area contributed by atoms with E-state index in [1.807, 2.05) is 0 Å². The van der Waals surface area contributed by atoms with E-state index in [0.717, 1.165) is 0 Å². The van der Waals surface area contributed by atoms with Gasteiger partial charge in [-0.05, 0) is 0 Å². The Morgan fingerprint density at radius 1 is 1.78 bits per heavy atom. The molecule has 1 aliphatic rings. The fraction of sp³-hybridized carbons (Fsp3) is 0.750. The quantitative estimate of drug-likeness (QED) is 0.303. The number of rotatable bonds is 0. The van der Waals surface area contributed by atoms with E-state index < -0.39 is 6.29 Å². The second-order valence-corrected chi connectivity index (χ2v) is 2.41. The second-order valence-electron chi connectivity index (χ2n) is 1.88. The zero-order chi connectivity index (χ0) is 6.85. The van der Waals surface area contributed by atoms with Gasteiger partial charge in [-0.2, -0.15) is 0 Å². The number of hydrogen-bond donors (Lipinski definition) is 3. The van der Waals surface area contributed by atoms with Crippen LogP contribution in [0.5, 0.6) is 0 Å². The molecule has 52 valence electrons. The first kappa shape index (κ1) is 6.80. The second kappa shape index (κ2) is 2.51. The number of nitrogens with two attached hydrogens (primary N) is 1. The summed E-state index contributed by atoms with van der Waals surface area (Å²) in [6, 6.07) is 0. The molecule has 1 rings (SSSR count). The van der Waals surface area contributed by atoms with Crippen LogP contribution >= 0.6 is 11.6 Å². The maximum Gasteiger partial charge on any atom is 0.225 e. The number of nitrogens with one attached hydrogen (secondary N) is 2. The third kappa shape index (κ3) is 1.82. The van der Waals surface area contributed by atoms with Gasteiger partial charge in [-0.3, -0.25) is 15.8 Å². The first-order valence-electron chi connectivity index (χ1n) is 2.63. The molecule has 1 fully saturated rings. The summed E-state index contributed by atoms with van der Waals surface area (Å²) in [6.45, 7) is 0. The van der Waals surface area contributed by atoms with Crippen LogP contribution in [-0.2, 0) is 4.79 Å². The maximum atomic E-state index is 10.6. The molecular formula is C4H8ClN3O. The Morgan fingerprint density at radius 3 is 2.89 bits per heavy atom. The molecule has 0 aromatic carbocycles. The SMILES string of the molecule is NC1NC(=O)CC(Cl)N1. The molecule has 5 heteroatoms. The van der Waals surface area contributed by atoms with Gasteiger partial charge in [-0.25, -0.2) is 0 Å². The molecule has 9 heavy (non-hydrogen) atoms. The number of halogens is 1. The largest absolute Gasteiger partial charge is 0.328 e. The van der Waals surface area contributed by atoms with E-state index in [1.54, 1.807) is 0 Å². The number of carbonyl (C=O) groups is 1. The van der Waals surface area contributed by atoms with Gasteiger partial charge in [-0.15, -0.1) is 11.6 Å². The Kier molecular flexibility index (Phi) is 1.90. The van der Waals surface area contributed by atoms with E-state index >= 15 is 0 Å². The zero-order valence-electron chi connectivity index (χ0n) is 4.73. The maximum absolute atomic E-state index is 10.6. The smallest absolute Gasteiger partial charge is 0.225 e. The standard InChI is InChI=1S/C4H8ClN3O/c5-2-1-3(9)8-4(6)7-2/h2,4,7H,1,6H2,(H,8,9). The number of carbonyl (C=O) groups excluding carboxylic acids is 1. The van der Waals surface area contributed by atoms with Crippen LogP contribution in [0.2, 0.25) is 0 Å². The van der Waals surface area contributed by atoms with Gasteiger partial charge < -0.3 is 5.32 Å². The summed E-state index contributed by atoms with van der Waals surface area (Å²) in [5.74, 6) is -0.110. The predicted octanol–water partition coefficient (Wildman–Crippen LogP) is -1.10. The molecule has 1 amide bonds. The lowest BCUT2D eigenvalue weighted by atomic mass is 10.3. The van der Waals surface area contributed by atoms with Crippen molar-refractivity contribution >= 4 is 17.5 Å². The third-order valence-electron chi connectivity index (χ3n) is 1.04. The van der Waals surface area contributed by atoms with Crippen LogP contribution in [0.3, 0.4) is 0 Å². The highest BCUT2D eigenvalue weighted by Gasteiger charge is 2.20. The van der Waals surface area contributed by atoms with Crippen molar-refractivity contribution in [2.24, 2.45) is 5.73 Å². The monoisotopic (exact) mass is 149 g/mol. The van der Waals surface area contributed by atoms with E-state index in [2.05, 4.69) is 10.6 Å². The predicted molar refractivity (Wildman–Crippen MR) is 33.5 cm³/mol. The minimum Gasteiger partial charge on any atom is -0.328 e. The number of alkyl halides is 1. The van der Waals surface area contributed by atoms with E-state index in [4.69, 9.17) is 17.3 Å². The first-order chi connectivity index (χ1) is 4.18. The lowest BCUT2D eigenvalue weighted by Gasteiger charge is -2.24. The van der Waals surface area contributed by atoms with E-state index in [0.29, 0.717) is 0 Å². The van der Waals surface area contributed by atoms with Crippen molar-refractivity contribution in [2.45, 2.75) is 18.2 Å². The van der Waals surface area contributed by atoms with Gasteiger partial charge in [0.05, 0.1) is 11.9 Å². The summed E-state index contributed by atoms with van der Waals surface area (Å²) >= 11 is 5.55. The van der Waals surface area contributed by atoms with Crippen molar-refractivity contribution in [3.05, 3.63) is 0 Å². The Balaban J connectivity index is 2.43. The summed E-state index contributed by atoms with van der Waals surface area (Å²) in [7, 11) is 0. The zero-order valence-corrected chi connectivity index (χ0v) is 5.48. The van der Waals surface area contributed by atoms with Gasteiger partial charge in [0.25, 0.3) is 0 Å². The highest BCUT2D eigenvalue weighted by Crippen LogP contribution is 2.01. The van der Waals surface area contributed by atoms with Crippen LogP contribution in [-0.4, -0.2) is 17.7 Å². The van der Waals surface area contributed by atoms with Crippen LogP contribution in [0.1, 0.15) is 6.42 Å². The molecule has 0 spiro atoms. The first-order valence-corrected chi connectivity index (χ1v) is 3.07. The molecule has 1 aliphatic heterocycles.